The van der Waals surface area contributed by atoms with Gasteiger partial charge in [0.1, 0.15) is 0 Å². The summed E-state index contributed by atoms with van der Waals surface area (Å²) in [4.78, 5) is 4.41. The Kier molecular flexibility index (Phi) is 3.03. The third-order valence-corrected chi connectivity index (χ3v) is 1.92. The van der Waals surface area contributed by atoms with E-state index in [0.29, 0.717) is 0 Å². The second-order valence-electron chi connectivity index (χ2n) is 2.77. The Balaban J connectivity index is 3.01. The molecule has 1 rings (SSSR count). The molecule has 0 spiro atoms. The van der Waals surface area contributed by atoms with E-state index < -0.39 is 0 Å². The predicted octanol–water partition coefficient (Wildman–Crippen LogP) is 2.91. The van der Waals surface area contributed by atoms with E-state index in [4.69, 9.17) is 0 Å². The van der Waals surface area contributed by atoms with E-state index in [2.05, 4.69) is 50.1 Å². The van der Waals surface area contributed by atoms with E-state index in [1.54, 1.807) is 0 Å². The Morgan fingerprint density at radius 3 is 2.83 bits per heavy atom. The highest BCUT2D eigenvalue weighted by molar-refractivity contribution is 6.12. The van der Waals surface area contributed by atoms with E-state index in [0.717, 1.165) is 12.3 Å². The quantitative estimate of drug-likeness (QED) is 0.560. The lowest BCUT2D eigenvalue weighted by Gasteiger charge is -2.10. The van der Waals surface area contributed by atoms with E-state index in [1.807, 2.05) is 0 Å². The molecule has 0 amide bonds. The highest BCUT2D eigenvalue weighted by Crippen LogP contribution is 2.16. The molecule has 64 valence electrons. The van der Waals surface area contributed by atoms with Crippen molar-refractivity contribution in [2.24, 2.45) is 4.99 Å². The lowest BCUT2D eigenvalue weighted by molar-refractivity contribution is 1.13. The first-order valence-electron chi connectivity index (χ1n) is 4.36. The van der Waals surface area contributed by atoms with Crippen molar-refractivity contribution in [3.05, 3.63) is 35.5 Å². The molecule has 12 heavy (non-hydrogen) atoms. The third kappa shape index (κ3) is 1.73. The first-order chi connectivity index (χ1) is 5.79. The predicted molar refractivity (Wildman–Crippen MR) is 54.6 cm³/mol. The zero-order valence-electron chi connectivity index (χ0n) is 7.96. The zero-order chi connectivity index (χ0) is 8.97. The first-order valence-corrected chi connectivity index (χ1v) is 4.36. The SMILES string of the molecule is C/C=C1/C(C)=CC=CC1=NCC. The lowest BCUT2D eigenvalue weighted by atomic mass is 9.97. The summed E-state index contributed by atoms with van der Waals surface area (Å²) in [5, 5.41) is 0. The molecule has 1 nitrogen and oxygen atoms in total. The molecule has 1 heteroatoms. The summed E-state index contributed by atoms with van der Waals surface area (Å²) in [5.74, 6) is 0. The summed E-state index contributed by atoms with van der Waals surface area (Å²) in [7, 11) is 0. The van der Waals surface area contributed by atoms with Gasteiger partial charge in [0.25, 0.3) is 0 Å². The number of hydrogen-bond donors (Lipinski definition) is 0. The van der Waals surface area contributed by atoms with Crippen molar-refractivity contribution in [3.8, 4) is 0 Å². The average molecular weight is 161 g/mol. The Labute approximate surface area is 74.2 Å². The van der Waals surface area contributed by atoms with E-state index in [9.17, 15) is 0 Å². The van der Waals surface area contributed by atoms with Crippen LogP contribution in [0, 0.1) is 0 Å². The summed E-state index contributed by atoms with van der Waals surface area (Å²) >= 11 is 0. The second kappa shape index (κ2) is 4.05. The summed E-state index contributed by atoms with van der Waals surface area (Å²) in [6, 6.07) is 0. The van der Waals surface area contributed by atoms with E-state index >= 15 is 0 Å². The van der Waals surface area contributed by atoms with Crippen LogP contribution in [-0.2, 0) is 0 Å². The minimum Gasteiger partial charge on any atom is -0.285 e. The highest BCUT2D eigenvalue weighted by Gasteiger charge is 2.06. The molecule has 0 saturated carbocycles. The monoisotopic (exact) mass is 161 g/mol. The minimum atomic E-state index is 0.851. The minimum absolute atomic E-state index is 0.851. The Morgan fingerprint density at radius 2 is 2.25 bits per heavy atom. The summed E-state index contributed by atoms with van der Waals surface area (Å²) in [6.07, 6.45) is 8.34. The molecule has 0 radical (unpaired) electrons. The molecule has 1 aliphatic rings. The maximum Gasteiger partial charge on any atom is 0.0645 e. The fraction of sp³-hybridized carbons (Fsp3) is 0.364. The van der Waals surface area contributed by atoms with Crippen LogP contribution in [0.1, 0.15) is 20.8 Å². The molecule has 1 aliphatic carbocycles. The van der Waals surface area contributed by atoms with Crippen LogP contribution in [0.15, 0.2) is 40.4 Å². The van der Waals surface area contributed by atoms with Gasteiger partial charge in [-0.1, -0.05) is 18.2 Å². The van der Waals surface area contributed by atoms with Crippen molar-refractivity contribution in [1.82, 2.24) is 0 Å². The molecule has 0 heterocycles. The van der Waals surface area contributed by atoms with Crippen molar-refractivity contribution in [1.29, 1.82) is 0 Å². The van der Waals surface area contributed by atoms with Crippen LogP contribution in [0.2, 0.25) is 0 Å². The molecular formula is C11H15N. The molecule has 0 aromatic carbocycles. The van der Waals surface area contributed by atoms with Gasteiger partial charge in [-0.25, -0.2) is 0 Å². The van der Waals surface area contributed by atoms with Gasteiger partial charge in [-0.3, -0.25) is 4.99 Å². The molecular weight excluding hydrogens is 146 g/mol. The van der Waals surface area contributed by atoms with Gasteiger partial charge in [0, 0.05) is 6.54 Å². The van der Waals surface area contributed by atoms with Gasteiger partial charge in [0.05, 0.1) is 5.71 Å². The smallest absolute Gasteiger partial charge is 0.0645 e. The van der Waals surface area contributed by atoms with Gasteiger partial charge in [0.15, 0.2) is 0 Å². The van der Waals surface area contributed by atoms with Crippen molar-refractivity contribution in [2.75, 3.05) is 6.54 Å². The van der Waals surface area contributed by atoms with Crippen LogP contribution >= 0.6 is 0 Å². The standard InChI is InChI=1S/C11H15N/c1-4-10-9(3)7-6-8-11(10)12-5-2/h4,6-8H,5H2,1-3H3/b10-4-,12-11?. The fourth-order valence-corrected chi connectivity index (χ4v) is 1.35. The summed E-state index contributed by atoms with van der Waals surface area (Å²) < 4.78 is 0. The van der Waals surface area contributed by atoms with Crippen LogP contribution in [0.4, 0.5) is 0 Å². The summed E-state index contributed by atoms with van der Waals surface area (Å²) in [6.45, 7) is 7.08. The van der Waals surface area contributed by atoms with E-state index in [-0.39, 0.29) is 0 Å². The van der Waals surface area contributed by atoms with Gasteiger partial charge in [-0.2, -0.15) is 0 Å². The number of hydrogen-bond acceptors (Lipinski definition) is 1. The normalized spacial score (nSPS) is 23.4. The van der Waals surface area contributed by atoms with Gasteiger partial charge in [0.2, 0.25) is 0 Å². The second-order valence-corrected chi connectivity index (χ2v) is 2.77. The molecule has 0 fully saturated rings. The van der Waals surface area contributed by atoms with Crippen molar-refractivity contribution in [2.45, 2.75) is 20.8 Å². The number of aliphatic imine (C=N–C) groups is 1. The third-order valence-electron chi connectivity index (χ3n) is 1.92. The number of rotatable bonds is 1. The molecule has 0 aliphatic heterocycles. The average Bonchev–Trinajstić information content (AvgIpc) is 2.05. The number of nitrogens with zero attached hydrogens (tertiary/aromatic N) is 1. The van der Waals surface area contributed by atoms with Crippen LogP contribution in [0.3, 0.4) is 0 Å². The van der Waals surface area contributed by atoms with Crippen LogP contribution in [0.5, 0.6) is 0 Å². The van der Waals surface area contributed by atoms with Crippen LogP contribution < -0.4 is 0 Å². The molecule has 0 bridgehead atoms. The van der Waals surface area contributed by atoms with Crippen molar-refractivity contribution < 1.29 is 0 Å². The fourth-order valence-electron chi connectivity index (χ4n) is 1.35. The molecule has 0 saturated heterocycles. The van der Waals surface area contributed by atoms with Crippen molar-refractivity contribution >= 4 is 5.71 Å². The Bertz CT molecular complexity index is 277. The summed E-state index contributed by atoms with van der Waals surface area (Å²) in [5.41, 5.74) is 3.67. The van der Waals surface area contributed by atoms with Crippen LogP contribution in [0.25, 0.3) is 0 Å². The van der Waals surface area contributed by atoms with Gasteiger partial charge in [-0.05, 0) is 38.0 Å². The zero-order valence-corrected chi connectivity index (χ0v) is 7.96. The molecule has 0 aromatic heterocycles. The molecule has 0 N–H and O–H groups in total. The molecule has 0 atom stereocenters. The van der Waals surface area contributed by atoms with E-state index in [1.165, 1.54) is 11.1 Å². The lowest BCUT2D eigenvalue weighted by Crippen LogP contribution is -2.04. The largest absolute Gasteiger partial charge is 0.285 e. The maximum absolute atomic E-state index is 4.41. The topological polar surface area (TPSA) is 12.4 Å². The van der Waals surface area contributed by atoms with Gasteiger partial charge < -0.3 is 0 Å². The van der Waals surface area contributed by atoms with Gasteiger partial charge in [-0.15, -0.1) is 0 Å². The number of allylic oxidation sites excluding steroid dienone is 6. The Hall–Kier alpha value is -1.11. The Morgan fingerprint density at radius 1 is 1.50 bits per heavy atom. The van der Waals surface area contributed by atoms with Gasteiger partial charge >= 0.3 is 0 Å². The van der Waals surface area contributed by atoms with Crippen LogP contribution in [-0.4, -0.2) is 12.3 Å². The molecule has 0 unspecified atom stereocenters. The first kappa shape index (κ1) is 8.98. The van der Waals surface area contributed by atoms with Crippen molar-refractivity contribution in [3.63, 3.8) is 0 Å². The molecule has 0 aromatic rings. The maximum atomic E-state index is 4.41. The highest BCUT2D eigenvalue weighted by atomic mass is 14.7.